The van der Waals surface area contributed by atoms with E-state index in [-0.39, 0.29) is 28.5 Å². The second kappa shape index (κ2) is 10.5. The number of hydrogen-bond donors (Lipinski definition) is 1. The number of hydrogen-bond acceptors (Lipinski definition) is 6. The predicted octanol–water partition coefficient (Wildman–Crippen LogP) is 4.97. The topological polar surface area (TPSA) is 78.3 Å². The van der Waals surface area contributed by atoms with Crippen molar-refractivity contribution in [3.63, 3.8) is 0 Å². The van der Waals surface area contributed by atoms with E-state index in [0.29, 0.717) is 29.0 Å². The summed E-state index contributed by atoms with van der Waals surface area (Å²) < 4.78 is 26.9. The molecule has 0 saturated carbocycles. The van der Waals surface area contributed by atoms with Gasteiger partial charge in [-0.05, 0) is 44.2 Å². The number of nitrogens with one attached hydrogen (secondary N) is 1. The van der Waals surface area contributed by atoms with Crippen molar-refractivity contribution in [1.82, 2.24) is 14.8 Å². The van der Waals surface area contributed by atoms with Crippen LogP contribution in [0.15, 0.2) is 47.6 Å². The first-order valence-electron chi connectivity index (χ1n) is 9.52. The number of ether oxygens (including phenoxy) is 2. The van der Waals surface area contributed by atoms with E-state index in [4.69, 9.17) is 21.1 Å². The summed E-state index contributed by atoms with van der Waals surface area (Å²) in [5, 5.41) is 11.8. The summed E-state index contributed by atoms with van der Waals surface area (Å²) in [5.74, 6) is 1.08. The number of carbonyl (C=O) groups excluding carboxylic acids is 1. The molecule has 0 saturated heterocycles. The lowest BCUT2D eigenvalue weighted by Gasteiger charge is -2.16. The average molecular weight is 465 g/mol. The maximum Gasteiger partial charge on any atom is 0.234 e. The molecule has 1 heterocycles. The minimum absolute atomic E-state index is 0.0469. The van der Waals surface area contributed by atoms with Crippen molar-refractivity contribution in [2.75, 3.05) is 18.2 Å². The highest BCUT2D eigenvalue weighted by Gasteiger charge is 2.20. The van der Waals surface area contributed by atoms with E-state index in [0.717, 1.165) is 6.07 Å². The Bertz CT molecular complexity index is 1060. The van der Waals surface area contributed by atoms with E-state index in [2.05, 4.69) is 15.5 Å². The minimum atomic E-state index is -0.589. The Morgan fingerprint density at radius 3 is 2.74 bits per heavy atom. The number of rotatable bonds is 9. The van der Waals surface area contributed by atoms with E-state index < -0.39 is 5.82 Å². The smallest absolute Gasteiger partial charge is 0.234 e. The Hall–Kier alpha value is -2.78. The first kappa shape index (κ1) is 22.9. The summed E-state index contributed by atoms with van der Waals surface area (Å²) in [7, 11) is 1.59. The fraction of sp³-hybridized carbons (Fsp3) is 0.286. The van der Waals surface area contributed by atoms with Gasteiger partial charge >= 0.3 is 0 Å². The van der Waals surface area contributed by atoms with Crippen LogP contribution < -0.4 is 14.8 Å². The normalized spacial score (nSPS) is 11.8. The molecule has 31 heavy (non-hydrogen) atoms. The zero-order chi connectivity index (χ0) is 22.4. The molecule has 3 rings (SSSR count). The largest absolute Gasteiger partial charge is 0.497 e. The summed E-state index contributed by atoms with van der Waals surface area (Å²) in [6, 6.07) is 11.4. The number of nitrogens with zero attached hydrogens (tertiary/aromatic N) is 3. The Morgan fingerprint density at radius 1 is 1.26 bits per heavy atom. The number of aromatic nitrogens is 3. The molecular weight excluding hydrogens is 443 g/mol. The van der Waals surface area contributed by atoms with Gasteiger partial charge in [-0.15, -0.1) is 10.2 Å². The third kappa shape index (κ3) is 5.89. The van der Waals surface area contributed by atoms with Crippen molar-refractivity contribution >= 4 is 35.0 Å². The average Bonchev–Trinajstić information content (AvgIpc) is 3.17. The Morgan fingerprint density at radius 2 is 2.03 bits per heavy atom. The monoisotopic (exact) mass is 464 g/mol. The lowest BCUT2D eigenvalue weighted by molar-refractivity contribution is -0.113. The van der Waals surface area contributed by atoms with Gasteiger partial charge in [0.15, 0.2) is 17.1 Å². The summed E-state index contributed by atoms with van der Waals surface area (Å²) in [6.45, 7) is 4.43. The molecule has 0 fully saturated rings. The molecule has 1 atom stereocenters. The maximum atomic E-state index is 13.9. The van der Waals surface area contributed by atoms with Crippen LogP contribution in [0.1, 0.15) is 25.8 Å². The number of thioether (sulfide) groups is 1. The van der Waals surface area contributed by atoms with E-state index in [9.17, 15) is 9.18 Å². The van der Waals surface area contributed by atoms with Crippen LogP contribution in [-0.2, 0) is 11.3 Å². The number of benzene rings is 2. The van der Waals surface area contributed by atoms with Crippen molar-refractivity contribution in [1.29, 1.82) is 0 Å². The molecule has 0 aliphatic heterocycles. The van der Waals surface area contributed by atoms with Crippen LogP contribution in [0.25, 0.3) is 0 Å². The van der Waals surface area contributed by atoms with Crippen molar-refractivity contribution in [2.24, 2.45) is 0 Å². The van der Waals surface area contributed by atoms with Gasteiger partial charge in [-0.2, -0.15) is 0 Å². The number of amides is 1. The fourth-order valence-corrected chi connectivity index (χ4v) is 3.81. The summed E-state index contributed by atoms with van der Waals surface area (Å²) in [6.07, 6.45) is -0.370. The minimum Gasteiger partial charge on any atom is -0.497 e. The molecule has 164 valence electrons. The number of carbonyl (C=O) groups is 1. The molecule has 3 aromatic rings. The molecule has 1 aromatic heterocycles. The van der Waals surface area contributed by atoms with E-state index in [1.807, 2.05) is 36.6 Å². The maximum absolute atomic E-state index is 13.9. The van der Waals surface area contributed by atoms with Gasteiger partial charge < -0.3 is 19.4 Å². The fourth-order valence-electron chi connectivity index (χ4n) is 2.84. The van der Waals surface area contributed by atoms with Crippen molar-refractivity contribution < 1.29 is 18.7 Å². The summed E-state index contributed by atoms with van der Waals surface area (Å²) in [5.41, 5.74) is 0.0768. The van der Waals surface area contributed by atoms with Gasteiger partial charge in [0.05, 0.1) is 18.6 Å². The Balaban J connectivity index is 1.64. The van der Waals surface area contributed by atoms with Crippen molar-refractivity contribution in [3.8, 4) is 11.5 Å². The van der Waals surface area contributed by atoms with Gasteiger partial charge in [0, 0.05) is 17.6 Å². The van der Waals surface area contributed by atoms with E-state index in [1.54, 1.807) is 13.2 Å². The second-order valence-electron chi connectivity index (χ2n) is 6.49. The number of halogens is 2. The van der Waals surface area contributed by atoms with Gasteiger partial charge in [0.2, 0.25) is 5.91 Å². The molecule has 0 aliphatic rings. The molecule has 0 bridgehead atoms. The first-order chi connectivity index (χ1) is 14.9. The number of anilines is 1. The highest BCUT2D eigenvalue weighted by molar-refractivity contribution is 7.99. The van der Waals surface area contributed by atoms with Crippen LogP contribution in [0.4, 0.5) is 10.1 Å². The third-order valence-electron chi connectivity index (χ3n) is 4.32. The van der Waals surface area contributed by atoms with Gasteiger partial charge in [-0.1, -0.05) is 29.4 Å². The molecule has 0 radical (unpaired) electrons. The van der Waals surface area contributed by atoms with Gasteiger partial charge in [0.1, 0.15) is 17.3 Å². The standard InChI is InChI=1S/C21H22ClFN4O3S/c1-4-27-20(13(2)30-16-7-5-6-15(11-16)29-3)25-26-21(27)31-12-19(28)24-18-9-8-14(22)10-17(18)23/h5-11,13H,4,12H2,1-3H3,(H,24,28). The van der Waals surface area contributed by atoms with Crippen LogP contribution >= 0.6 is 23.4 Å². The third-order valence-corrected chi connectivity index (χ3v) is 5.52. The lowest BCUT2D eigenvalue weighted by atomic mass is 10.3. The van der Waals surface area contributed by atoms with E-state index in [1.165, 1.54) is 23.9 Å². The molecule has 1 unspecified atom stereocenters. The van der Waals surface area contributed by atoms with Crippen LogP contribution in [0.2, 0.25) is 5.02 Å². The van der Waals surface area contributed by atoms with E-state index >= 15 is 0 Å². The molecule has 2 aromatic carbocycles. The van der Waals surface area contributed by atoms with Crippen molar-refractivity contribution in [3.05, 3.63) is 59.1 Å². The van der Waals surface area contributed by atoms with Gasteiger partial charge in [-0.3, -0.25) is 4.79 Å². The van der Waals surface area contributed by atoms with Gasteiger partial charge in [-0.25, -0.2) is 4.39 Å². The lowest BCUT2D eigenvalue weighted by Crippen LogP contribution is -2.16. The first-order valence-corrected chi connectivity index (χ1v) is 10.9. The van der Waals surface area contributed by atoms with Crippen LogP contribution in [0.5, 0.6) is 11.5 Å². The highest BCUT2D eigenvalue weighted by Crippen LogP contribution is 2.27. The predicted molar refractivity (Wildman–Crippen MR) is 118 cm³/mol. The molecule has 0 aliphatic carbocycles. The Kier molecular flexibility index (Phi) is 7.75. The molecule has 7 nitrogen and oxygen atoms in total. The van der Waals surface area contributed by atoms with Crippen LogP contribution in [-0.4, -0.2) is 33.5 Å². The number of methoxy groups -OCH3 is 1. The zero-order valence-electron chi connectivity index (χ0n) is 17.3. The molecule has 10 heteroatoms. The van der Waals surface area contributed by atoms with Crippen LogP contribution in [0, 0.1) is 5.82 Å². The van der Waals surface area contributed by atoms with Crippen molar-refractivity contribution in [2.45, 2.75) is 31.7 Å². The Labute approximate surface area is 188 Å². The molecular formula is C21H22ClFN4O3S. The quantitative estimate of drug-likeness (QED) is 0.450. The summed E-state index contributed by atoms with van der Waals surface area (Å²) in [4.78, 5) is 12.2. The SMILES string of the molecule is CCn1c(SCC(=O)Nc2ccc(Cl)cc2F)nnc1C(C)Oc1cccc(OC)c1. The van der Waals surface area contributed by atoms with Gasteiger partial charge in [0.25, 0.3) is 0 Å². The van der Waals surface area contributed by atoms with Crippen LogP contribution in [0.3, 0.4) is 0 Å². The highest BCUT2D eigenvalue weighted by atomic mass is 35.5. The zero-order valence-corrected chi connectivity index (χ0v) is 18.8. The molecule has 1 amide bonds. The summed E-state index contributed by atoms with van der Waals surface area (Å²) >= 11 is 6.94. The second-order valence-corrected chi connectivity index (χ2v) is 7.86. The molecule has 0 spiro atoms. The molecule has 1 N–H and O–H groups in total.